The van der Waals surface area contributed by atoms with E-state index in [0.29, 0.717) is 17.2 Å². The average molecular weight is 347 g/mol. The van der Waals surface area contributed by atoms with Crippen LogP contribution in [0.1, 0.15) is 27.9 Å². The summed E-state index contributed by atoms with van der Waals surface area (Å²) in [5.41, 5.74) is 1.32. The van der Waals surface area contributed by atoms with Crippen molar-refractivity contribution >= 4 is 28.5 Å². The molecule has 0 aliphatic heterocycles. The Morgan fingerprint density at radius 2 is 2.08 bits per heavy atom. The summed E-state index contributed by atoms with van der Waals surface area (Å²) < 4.78 is 11.1. The Morgan fingerprint density at radius 1 is 1.29 bits per heavy atom. The molecule has 5 nitrogen and oxygen atoms in total. The highest BCUT2D eigenvalue weighted by molar-refractivity contribution is 6.35. The van der Waals surface area contributed by atoms with Crippen molar-refractivity contribution in [1.29, 1.82) is 0 Å². The summed E-state index contributed by atoms with van der Waals surface area (Å²) in [5.74, 6) is 0.817. The van der Waals surface area contributed by atoms with Gasteiger partial charge in [0, 0.05) is 17.5 Å². The molecule has 0 fully saturated rings. The molecule has 3 rings (SSSR count). The number of amides is 1. The Bertz CT molecular complexity index is 853. The zero-order chi connectivity index (χ0) is 17.3. The lowest BCUT2D eigenvalue weighted by molar-refractivity contribution is 0.0912. The second-order valence-electron chi connectivity index (χ2n) is 5.88. The second kappa shape index (κ2) is 6.71. The maximum absolute atomic E-state index is 12.5. The number of hydrogen-bond donors (Lipinski definition) is 1. The number of furan rings is 2. The number of aryl methyl sites for hydroxylation is 1. The fraction of sp³-hybridized carbons (Fsp3) is 0.278. The molecule has 1 aromatic carbocycles. The summed E-state index contributed by atoms with van der Waals surface area (Å²) >= 11 is 6.14. The minimum Gasteiger partial charge on any atom is -0.468 e. The van der Waals surface area contributed by atoms with Gasteiger partial charge >= 0.3 is 0 Å². The smallest absolute Gasteiger partial charge is 0.287 e. The molecule has 0 aliphatic carbocycles. The van der Waals surface area contributed by atoms with Crippen molar-refractivity contribution in [2.75, 3.05) is 20.6 Å². The first-order chi connectivity index (χ1) is 11.5. The first-order valence-corrected chi connectivity index (χ1v) is 8.02. The van der Waals surface area contributed by atoms with Crippen molar-refractivity contribution in [2.24, 2.45) is 0 Å². The molecular formula is C18H19ClN2O3. The van der Waals surface area contributed by atoms with Gasteiger partial charge in [-0.25, -0.2) is 0 Å². The number of para-hydroxylation sites is 1. The van der Waals surface area contributed by atoms with Gasteiger partial charge in [0.15, 0.2) is 11.3 Å². The summed E-state index contributed by atoms with van der Waals surface area (Å²) in [5, 5.41) is 4.26. The zero-order valence-electron chi connectivity index (χ0n) is 13.8. The number of likely N-dealkylation sites (N-methyl/N-ethyl adjacent to an activating group) is 1. The van der Waals surface area contributed by atoms with Crippen LogP contribution in [0.25, 0.3) is 11.0 Å². The van der Waals surface area contributed by atoms with Crippen LogP contribution < -0.4 is 5.32 Å². The van der Waals surface area contributed by atoms with Crippen LogP contribution in [-0.4, -0.2) is 31.4 Å². The molecule has 0 saturated heterocycles. The molecule has 126 valence electrons. The van der Waals surface area contributed by atoms with Gasteiger partial charge in [0.05, 0.1) is 17.3 Å². The topological polar surface area (TPSA) is 58.6 Å². The van der Waals surface area contributed by atoms with Gasteiger partial charge in [0.25, 0.3) is 5.91 Å². The number of hydrogen-bond acceptors (Lipinski definition) is 4. The highest BCUT2D eigenvalue weighted by Gasteiger charge is 2.22. The van der Waals surface area contributed by atoms with E-state index in [1.165, 1.54) is 0 Å². The summed E-state index contributed by atoms with van der Waals surface area (Å²) in [7, 11) is 3.87. The number of rotatable bonds is 5. The van der Waals surface area contributed by atoms with E-state index in [1.807, 2.05) is 50.2 Å². The van der Waals surface area contributed by atoms with Gasteiger partial charge in [0.2, 0.25) is 0 Å². The Hall–Kier alpha value is -2.24. The number of carbonyl (C=O) groups excluding carboxylic acids is 1. The molecule has 0 spiro atoms. The van der Waals surface area contributed by atoms with Gasteiger partial charge in [-0.1, -0.05) is 23.7 Å². The molecule has 1 atom stereocenters. The van der Waals surface area contributed by atoms with Gasteiger partial charge < -0.3 is 14.2 Å². The molecule has 0 unspecified atom stereocenters. The molecule has 2 heterocycles. The monoisotopic (exact) mass is 346 g/mol. The largest absolute Gasteiger partial charge is 0.468 e. The van der Waals surface area contributed by atoms with E-state index in [0.717, 1.165) is 16.7 Å². The zero-order valence-corrected chi connectivity index (χ0v) is 14.6. The third kappa shape index (κ3) is 3.05. The fourth-order valence-corrected chi connectivity index (χ4v) is 2.93. The predicted octanol–water partition coefficient (Wildman–Crippen LogP) is 4.02. The number of nitrogens with one attached hydrogen (secondary N) is 1. The van der Waals surface area contributed by atoms with E-state index in [2.05, 4.69) is 5.32 Å². The predicted molar refractivity (Wildman–Crippen MR) is 93.4 cm³/mol. The highest BCUT2D eigenvalue weighted by Crippen LogP contribution is 2.30. The molecule has 0 aliphatic rings. The minimum absolute atomic E-state index is 0.0581. The molecule has 1 N–H and O–H groups in total. The average Bonchev–Trinajstić information content (AvgIpc) is 3.17. The molecule has 0 radical (unpaired) electrons. The van der Waals surface area contributed by atoms with E-state index < -0.39 is 0 Å². The van der Waals surface area contributed by atoms with Crippen LogP contribution in [0.4, 0.5) is 0 Å². The maximum Gasteiger partial charge on any atom is 0.287 e. The number of halogens is 1. The first-order valence-electron chi connectivity index (χ1n) is 7.64. The lowest BCUT2D eigenvalue weighted by atomic mass is 10.1. The standard InChI is InChI=1S/C18H19ClN2O3/c1-11-12-6-4-7-13(19)17(12)24-16(11)18(22)20-10-14(21(2)3)15-8-5-9-23-15/h4-9,14H,10H2,1-3H3,(H,20,22)/t14-/m0/s1. The molecule has 2 aromatic heterocycles. The van der Waals surface area contributed by atoms with E-state index >= 15 is 0 Å². The van der Waals surface area contributed by atoms with Crippen LogP contribution in [-0.2, 0) is 0 Å². The van der Waals surface area contributed by atoms with Crippen LogP contribution in [0.2, 0.25) is 5.02 Å². The maximum atomic E-state index is 12.5. The molecular weight excluding hydrogens is 328 g/mol. The third-order valence-electron chi connectivity index (χ3n) is 4.07. The van der Waals surface area contributed by atoms with Crippen LogP contribution in [0.15, 0.2) is 45.4 Å². The number of nitrogens with zero attached hydrogens (tertiary/aromatic N) is 1. The highest BCUT2D eigenvalue weighted by atomic mass is 35.5. The summed E-state index contributed by atoms with van der Waals surface area (Å²) in [6.07, 6.45) is 1.62. The van der Waals surface area contributed by atoms with Gasteiger partial charge in [-0.2, -0.15) is 0 Å². The molecule has 1 amide bonds. The Labute approximate surface area is 145 Å². The number of fused-ring (bicyclic) bond motifs is 1. The fourth-order valence-electron chi connectivity index (χ4n) is 2.71. The minimum atomic E-state index is -0.266. The van der Waals surface area contributed by atoms with E-state index in [4.69, 9.17) is 20.4 Å². The normalized spacial score (nSPS) is 12.7. The Kier molecular flexibility index (Phi) is 4.64. The molecule has 6 heteroatoms. The Morgan fingerprint density at radius 3 is 2.71 bits per heavy atom. The van der Waals surface area contributed by atoms with Gasteiger partial charge in [0.1, 0.15) is 5.76 Å². The lowest BCUT2D eigenvalue weighted by Gasteiger charge is -2.22. The number of benzene rings is 1. The van der Waals surface area contributed by atoms with Crippen molar-refractivity contribution in [3.63, 3.8) is 0 Å². The van der Waals surface area contributed by atoms with Crippen molar-refractivity contribution < 1.29 is 13.6 Å². The van der Waals surface area contributed by atoms with E-state index in [9.17, 15) is 4.79 Å². The van der Waals surface area contributed by atoms with E-state index in [-0.39, 0.29) is 17.7 Å². The van der Waals surface area contributed by atoms with Crippen molar-refractivity contribution in [3.05, 3.63) is 58.7 Å². The van der Waals surface area contributed by atoms with Crippen LogP contribution in [0.5, 0.6) is 0 Å². The van der Waals surface area contributed by atoms with Crippen molar-refractivity contribution in [3.8, 4) is 0 Å². The summed E-state index contributed by atoms with van der Waals surface area (Å²) in [4.78, 5) is 14.5. The second-order valence-corrected chi connectivity index (χ2v) is 6.28. The molecule has 0 bridgehead atoms. The molecule has 0 saturated carbocycles. The van der Waals surface area contributed by atoms with Gasteiger partial charge in [-0.3, -0.25) is 9.69 Å². The van der Waals surface area contributed by atoms with Crippen molar-refractivity contribution in [1.82, 2.24) is 10.2 Å². The Balaban J connectivity index is 1.80. The first kappa shape index (κ1) is 16.6. The van der Waals surface area contributed by atoms with Gasteiger partial charge in [-0.05, 0) is 39.2 Å². The SMILES string of the molecule is Cc1c(C(=O)NC[C@@H](c2ccco2)N(C)C)oc2c(Cl)cccc12. The van der Waals surface area contributed by atoms with Crippen LogP contribution in [0.3, 0.4) is 0 Å². The van der Waals surface area contributed by atoms with E-state index in [1.54, 1.807) is 12.3 Å². The van der Waals surface area contributed by atoms with Crippen LogP contribution >= 0.6 is 11.6 Å². The molecule has 24 heavy (non-hydrogen) atoms. The molecule has 3 aromatic rings. The summed E-state index contributed by atoms with van der Waals surface area (Å²) in [6, 6.07) is 9.14. The van der Waals surface area contributed by atoms with Crippen molar-refractivity contribution in [2.45, 2.75) is 13.0 Å². The number of carbonyl (C=O) groups is 1. The van der Waals surface area contributed by atoms with Gasteiger partial charge in [-0.15, -0.1) is 0 Å². The lowest BCUT2D eigenvalue weighted by Crippen LogP contribution is -2.34. The summed E-state index contributed by atoms with van der Waals surface area (Å²) in [6.45, 7) is 2.26. The van der Waals surface area contributed by atoms with Crippen LogP contribution in [0, 0.1) is 6.92 Å². The quantitative estimate of drug-likeness (QED) is 0.758. The third-order valence-corrected chi connectivity index (χ3v) is 4.37.